The van der Waals surface area contributed by atoms with Gasteiger partial charge in [-0.3, -0.25) is 9.59 Å². The van der Waals surface area contributed by atoms with Crippen molar-refractivity contribution in [3.05, 3.63) is 277 Å². The quantitative estimate of drug-likeness (QED) is 0.0859. The molecule has 21 aromatic rings. The minimum absolute atomic E-state index is 0.143. The molecule has 29 rings (SSSR count). The Kier molecular flexibility index (Phi) is 22.1. The third-order valence-corrected chi connectivity index (χ3v) is 32.4. The van der Waals surface area contributed by atoms with Gasteiger partial charge in [0.25, 0.3) is 0 Å². The molecule has 0 unspecified atom stereocenters. The number of nitrogens with one attached hydrogen (secondary N) is 3. The summed E-state index contributed by atoms with van der Waals surface area (Å²) in [6, 6.07) is 50.1. The van der Waals surface area contributed by atoms with Gasteiger partial charge in [0, 0.05) is 174 Å². The highest BCUT2D eigenvalue weighted by Crippen LogP contribution is 2.58. The van der Waals surface area contributed by atoms with Gasteiger partial charge in [0.2, 0.25) is 5.91 Å². The van der Waals surface area contributed by atoms with Crippen LogP contribution in [-0.2, 0) is 44.8 Å². The fraction of sp³-hybridized carbons (Fsp3) is 0.328. The number of H-pyrrole nitrogens is 3. The van der Waals surface area contributed by atoms with E-state index in [2.05, 4.69) is 255 Å². The third kappa shape index (κ3) is 16.0. The van der Waals surface area contributed by atoms with Crippen LogP contribution in [0.15, 0.2) is 175 Å². The first-order valence-electron chi connectivity index (χ1n) is 52.0. The van der Waals surface area contributed by atoms with Crippen molar-refractivity contribution < 1.29 is 32.2 Å². The summed E-state index contributed by atoms with van der Waals surface area (Å²) >= 11 is 0. The van der Waals surface area contributed by atoms with E-state index in [4.69, 9.17) is 47.5 Å². The smallest absolute Gasteiger partial charge is 0.227 e. The molecule has 0 bridgehead atoms. The Labute approximate surface area is 851 Å². The molecule has 147 heavy (non-hydrogen) atoms. The van der Waals surface area contributed by atoms with Crippen molar-refractivity contribution in [2.75, 3.05) is 11.9 Å². The summed E-state index contributed by atoms with van der Waals surface area (Å²) in [5.74, 6) is 13.2. The fourth-order valence-corrected chi connectivity index (χ4v) is 24.1. The van der Waals surface area contributed by atoms with Gasteiger partial charge in [0.05, 0.1) is 89.3 Å². The first-order valence-corrected chi connectivity index (χ1v) is 52.0. The molecule has 0 atom stereocenters. The van der Waals surface area contributed by atoms with Gasteiger partial charge in [-0.2, -0.15) is 0 Å². The number of hydrogen-bond acceptors (Lipinski definition) is 17. The van der Waals surface area contributed by atoms with Crippen LogP contribution < -0.4 is 4.90 Å². The number of aromatic amines is 3. The van der Waals surface area contributed by atoms with Crippen molar-refractivity contribution in [3.8, 4) is 111 Å². The second-order valence-electron chi connectivity index (χ2n) is 43.0. The number of benzene rings is 9. The zero-order valence-electron chi connectivity index (χ0n) is 87.0. The Balaban J connectivity index is 0.0000000958. The topological polar surface area (TPSA) is 299 Å². The Morgan fingerprint density at radius 3 is 1.24 bits per heavy atom. The zero-order chi connectivity index (χ0) is 101. The minimum Gasteiger partial charge on any atom is -0.364 e. The van der Waals surface area contributed by atoms with Crippen LogP contribution in [-0.4, -0.2) is 103 Å². The summed E-state index contributed by atoms with van der Waals surface area (Å²) in [6.45, 7) is 28.4. The average Bonchev–Trinajstić information content (AvgIpc) is 1.55. The van der Waals surface area contributed by atoms with E-state index in [1.165, 1.54) is 176 Å². The van der Waals surface area contributed by atoms with Crippen molar-refractivity contribution in [2.24, 2.45) is 28.2 Å². The Morgan fingerprint density at radius 1 is 0.367 bits per heavy atom. The number of aromatic nitrogens is 17. The van der Waals surface area contributed by atoms with E-state index in [9.17, 15) is 9.59 Å². The lowest BCUT2D eigenvalue weighted by atomic mass is 9.89. The summed E-state index contributed by atoms with van der Waals surface area (Å²) in [5, 5.41) is 23.4. The number of fused-ring (bicyclic) bond motifs is 9. The maximum absolute atomic E-state index is 12.8. The molecule has 6 fully saturated rings. The van der Waals surface area contributed by atoms with Gasteiger partial charge >= 0.3 is 0 Å². The number of Topliss-reactive ketones (excluding diaryl/α,β-unsaturated/α-hetero) is 1. The van der Waals surface area contributed by atoms with Crippen molar-refractivity contribution in [3.63, 3.8) is 0 Å². The molecule has 25 heteroatoms. The molecule has 9 aromatic carbocycles. The van der Waals surface area contributed by atoms with Crippen molar-refractivity contribution >= 4 is 83.3 Å². The maximum atomic E-state index is 12.8. The van der Waals surface area contributed by atoms with E-state index >= 15 is 0 Å². The minimum atomic E-state index is 0.143. The number of amides is 1. The molecule has 0 saturated heterocycles. The highest BCUT2D eigenvalue weighted by molar-refractivity contribution is 6.09. The first-order chi connectivity index (χ1) is 71.0. The number of aryl methyl sites for hydroxylation is 18. The number of imidazole rings is 5. The van der Waals surface area contributed by atoms with Crippen LogP contribution in [0.3, 0.4) is 0 Å². The predicted molar refractivity (Wildman–Crippen MR) is 578 cm³/mol. The van der Waals surface area contributed by atoms with Crippen LogP contribution in [0, 0.1) is 96.9 Å². The monoisotopic (exact) mass is 1950 g/mol. The van der Waals surface area contributed by atoms with Crippen molar-refractivity contribution in [1.29, 1.82) is 0 Å². The van der Waals surface area contributed by atoms with E-state index in [-0.39, 0.29) is 17.1 Å². The molecule has 1 aliphatic heterocycles. The number of ketones is 1. The second kappa shape index (κ2) is 35.1. The summed E-state index contributed by atoms with van der Waals surface area (Å²) in [7, 11) is 10.4. The lowest BCUT2D eigenvalue weighted by molar-refractivity contribution is -0.118. The van der Waals surface area contributed by atoms with Crippen LogP contribution in [0.2, 0.25) is 0 Å². The molecule has 7 aliphatic carbocycles. The van der Waals surface area contributed by atoms with Crippen LogP contribution in [0.1, 0.15) is 250 Å². The lowest BCUT2D eigenvalue weighted by Crippen LogP contribution is -2.31. The molecular weight excluding hydrogens is 1830 g/mol. The molecule has 0 radical (unpaired) electrons. The van der Waals surface area contributed by atoms with Crippen molar-refractivity contribution in [1.82, 2.24) is 83.9 Å². The van der Waals surface area contributed by atoms with Crippen LogP contribution in [0.4, 0.5) is 5.69 Å². The van der Waals surface area contributed by atoms with Gasteiger partial charge < -0.3 is 60.7 Å². The molecular formula is C122H120N18O7. The van der Waals surface area contributed by atoms with Crippen LogP contribution in [0.5, 0.6) is 0 Å². The van der Waals surface area contributed by atoms with Gasteiger partial charge in [0.15, 0.2) is 5.78 Å². The SMILES string of the molecule is Cc1c[nH]c(C)c1-c1cc(-c2c(C)noc2C)cc2nc(C3CC3)n(C)c12.Cc1ccc2ccccc2c1-c1cc(-c2c(C)noc2C)cc2nc(C3CC3)n(C)c12.Cc1ccn(C)c1-c1cc(-c2c(C)noc2C)cc2nc(C3CC3)n(C)c12.Cc1noc(C)c1-c1cc(-c2ccc3c(c2)C(=O)CC32CC2)c2nc(C3CC3)[nH]c2c1.Cc1noc(C)c1-c1cc(-c2cccc3c2CCC(=O)N3C)c2nc(C3CC3)[nH]c2c1. The van der Waals surface area contributed by atoms with E-state index in [0.717, 1.165) is 216 Å². The summed E-state index contributed by atoms with van der Waals surface area (Å²) in [5.41, 5.74) is 47.3. The first kappa shape index (κ1) is 92.5. The standard InChI is InChI=1S/C27H25N3O.C26H23N3O2.C25H24N4O2.2C22H24N4O/c1-15-9-10-18-7-5-6-8-21(18)24(15)22-13-20(25-16(2)29-31-17(25)3)14-23-26(22)30(4)27(28-23)19-11-12-19;1-13-23(14(2)31-29-13)17-10-18(24-21(11-17)27-25(28-24)15-3-4-15)16-5-6-20-19(9-16)22(30)12-26(20)7-8-26;1-13-23(14(2)31-28-13)16-11-19(24-20(12-16)26-25(27-24)15-7-8-15)17-5-4-6-21-18(17)9-10-22(30)29(21)3;1-11-10-23-12(2)19(11)17-8-16(20-13(3)25-27-14(20)4)9-18-21(17)26(5)22(24-18)15-6-7-15;1-12-8-9-25(4)20(12)17-10-16(19-13(2)24-27-14(19)3)11-18-21(17)26(5)22(23-18)15-6-7-15/h5-10,13-14,19H,11-12H2,1-4H3;5-6,9-11,15H,3-4,7-8,12H2,1-2H3,(H,27,28);4-6,11-12,15H,7-10H2,1-3H3,(H,26,27);8-10,15,23H,6-7H2,1-5H3;8-11,15H,6-7H2,1-5H3. The molecule has 1 spiro atoms. The van der Waals surface area contributed by atoms with Crippen LogP contribution in [0.25, 0.3) is 177 Å². The molecule has 3 N–H and O–H groups in total. The summed E-state index contributed by atoms with van der Waals surface area (Å²) in [6.07, 6.45) is 20.6. The number of anilines is 1. The number of rotatable bonds is 15. The summed E-state index contributed by atoms with van der Waals surface area (Å²) in [4.78, 5) is 62.5. The molecule has 25 nitrogen and oxygen atoms in total. The van der Waals surface area contributed by atoms with Gasteiger partial charge in [-0.25, -0.2) is 24.9 Å². The number of nitrogens with zero attached hydrogens (tertiary/aromatic N) is 15. The maximum Gasteiger partial charge on any atom is 0.227 e. The normalized spacial score (nSPS) is 15.7. The second-order valence-corrected chi connectivity index (χ2v) is 43.0. The van der Waals surface area contributed by atoms with Gasteiger partial charge in [-0.1, -0.05) is 86.4 Å². The Bertz CT molecular complexity index is 8700. The fourth-order valence-electron chi connectivity index (χ4n) is 24.1. The number of hydrogen-bond donors (Lipinski definition) is 3. The van der Waals surface area contributed by atoms with Gasteiger partial charge in [0.1, 0.15) is 57.9 Å². The average molecular weight is 1950 g/mol. The zero-order valence-corrected chi connectivity index (χ0v) is 87.0. The molecule has 8 aliphatic rings. The Hall–Kier alpha value is -15.7. The van der Waals surface area contributed by atoms with E-state index in [1.54, 1.807) is 4.90 Å². The van der Waals surface area contributed by atoms with E-state index in [0.29, 0.717) is 42.4 Å². The number of carbonyl (C=O) groups excluding carboxylic acids is 2. The van der Waals surface area contributed by atoms with Gasteiger partial charge in [-0.05, 0) is 342 Å². The largest absolute Gasteiger partial charge is 0.364 e. The number of carbonyl (C=O) groups is 2. The van der Waals surface area contributed by atoms with Gasteiger partial charge in [-0.15, -0.1) is 0 Å². The lowest BCUT2D eigenvalue weighted by Gasteiger charge is -2.27. The molecule has 1 amide bonds. The Morgan fingerprint density at radius 2 is 0.803 bits per heavy atom. The van der Waals surface area contributed by atoms with E-state index in [1.807, 2.05) is 88.4 Å². The third-order valence-electron chi connectivity index (χ3n) is 32.4. The van der Waals surface area contributed by atoms with Crippen LogP contribution >= 0.6 is 0 Å². The predicted octanol–water partition coefficient (Wildman–Crippen LogP) is 28.5. The highest BCUT2D eigenvalue weighted by Gasteiger charge is 2.52. The molecule has 740 valence electrons. The van der Waals surface area contributed by atoms with E-state index < -0.39 is 0 Å². The molecule has 12 aromatic heterocycles. The molecule has 6 saturated carbocycles. The summed E-state index contributed by atoms with van der Waals surface area (Å²) < 4.78 is 36.4. The molecule has 13 heterocycles. The van der Waals surface area contributed by atoms with Crippen molar-refractivity contribution in [2.45, 2.75) is 228 Å². The highest BCUT2D eigenvalue weighted by atomic mass is 16.5.